The van der Waals surface area contributed by atoms with E-state index in [-0.39, 0.29) is 6.04 Å². The summed E-state index contributed by atoms with van der Waals surface area (Å²) in [5, 5.41) is 4.13. The number of rotatable bonds is 5. The summed E-state index contributed by atoms with van der Waals surface area (Å²) in [5.41, 5.74) is 3.04. The van der Waals surface area contributed by atoms with Gasteiger partial charge in [0.2, 0.25) is 0 Å². The first-order valence-electron chi connectivity index (χ1n) is 6.78. The quantitative estimate of drug-likeness (QED) is 0.855. The minimum atomic E-state index is 0.275. The van der Waals surface area contributed by atoms with Gasteiger partial charge in [0.25, 0.3) is 0 Å². The Morgan fingerprint density at radius 3 is 2.45 bits per heavy atom. The van der Waals surface area contributed by atoms with Gasteiger partial charge in [-0.05, 0) is 57.3 Å². The highest BCUT2D eigenvalue weighted by molar-refractivity contribution is 7.99. The van der Waals surface area contributed by atoms with Gasteiger partial charge in [-0.15, -0.1) is 0 Å². The van der Waals surface area contributed by atoms with Crippen molar-refractivity contribution in [2.24, 2.45) is 0 Å². The number of nitrogens with zero attached hydrogens (tertiary/aromatic N) is 3. The molecule has 2 heterocycles. The fraction of sp³-hybridized carbons (Fsp3) is 0.400. The molecule has 0 fully saturated rings. The van der Waals surface area contributed by atoms with Crippen molar-refractivity contribution in [3.05, 3.63) is 41.5 Å². The molecule has 0 aliphatic rings. The van der Waals surface area contributed by atoms with Crippen molar-refractivity contribution in [2.45, 2.75) is 43.8 Å². The lowest BCUT2D eigenvalue weighted by Crippen LogP contribution is -2.18. The lowest BCUT2D eigenvalue weighted by Gasteiger charge is -2.11. The smallest absolute Gasteiger partial charge is 0.192 e. The third kappa shape index (κ3) is 4.02. The van der Waals surface area contributed by atoms with Crippen molar-refractivity contribution in [3.63, 3.8) is 0 Å². The first-order valence-corrected chi connectivity index (χ1v) is 7.59. The Kier molecular flexibility index (Phi) is 5.09. The van der Waals surface area contributed by atoms with E-state index in [1.54, 1.807) is 11.8 Å². The highest BCUT2D eigenvalue weighted by Crippen LogP contribution is 2.25. The van der Waals surface area contributed by atoms with Crippen LogP contribution in [0.1, 0.15) is 37.0 Å². The highest BCUT2D eigenvalue weighted by Gasteiger charge is 2.07. The fourth-order valence-electron chi connectivity index (χ4n) is 1.96. The second-order valence-corrected chi connectivity index (χ2v) is 5.77. The Hall–Kier alpha value is -1.46. The summed E-state index contributed by atoms with van der Waals surface area (Å²) in [5.74, 6) is 0. The maximum Gasteiger partial charge on any atom is 0.192 e. The van der Waals surface area contributed by atoms with Gasteiger partial charge in [0.15, 0.2) is 5.16 Å². The predicted octanol–water partition coefficient (Wildman–Crippen LogP) is 3.31. The number of hydrogen-bond donors (Lipinski definition) is 1. The van der Waals surface area contributed by atoms with E-state index in [1.165, 1.54) is 0 Å². The Labute approximate surface area is 124 Å². The lowest BCUT2D eigenvalue weighted by molar-refractivity contribution is 0.582. The van der Waals surface area contributed by atoms with Gasteiger partial charge in [-0.3, -0.25) is 4.98 Å². The molecular weight excluding hydrogens is 268 g/mol. The average Bonchev–Trinajstić information content (AvgIpc) is 2.38. The van der Waals surface area contributed by atoms with Gasteiger partial charge in [-0.25, -0.2) is 9.97 Å². The molecule has 0 amide bonds. The third-order valence-corrected chi connectivity index (χ3v) is 3.73. The van der Waals surface area contributed by atoms with Crippen LogP contribution in [0.3, 0.4) is 0 Å². The molecule has 2 rings (SSSR count). The molecule has 0 radical (unpaired) electrons. The molecule has 1 atom stereocenters. The first-order chi connectivity index (χ1) is 9.58. The summed E-state index contributed by atoms with van der Waals surface area (Å²) in [7, 11) is 0. The monoisotopic (exact) mass is 288 g/mol. The van der Waals surface area contributed by atoms with E-state index in [0.717, 1.165) is 33.7 Å². The molecule has 0 aromatic carbocycles. The Balaban J connectivity index is 2.10. The van der Waals surface area contributed by atoms with Crippen molar-refractivity contribution in [1.82, 2.24) is 20.3 Å². The van der Waals surface area contributed by atoms with E-state index < -0.39 is 0 Å². The molecule has 1 unspecified atom stereocenters. The Morgan fingerprint density at radius 2 is 1.90 bits per heavy atom. The summed E-state index contributed by atoms with van der Waals surface area (Å²) in [6, 6.07) is 6.38. The number of hydrogen-bond acceptors (Lipinski definition) is 5. The molecule has 20 heavy (non-hydrogen) atoms. The topological polar surface area (TPSA) is 50.7 Å². The van der Waals surface area contributed by atoms with Crippen LogP contribution in [0.4, 0.5) is 0 Å². The van der Waals surface area contributed by atoms with Gasteiger partial charge in [0.05, 0.1) is 5.69 Å². The minimum Gasteiger partial charge on any atom is -0.309 e. The van der Waals surface area contributed by atoms with Gasteiger partial charge < -0.3 is 5.32 Å². The molecule has 5 heteroatoms. The molecule has 4 nitrogen and oxygen atoms in total. The van der Waals surface area contributed by atoms with E-state index in [0.29, 0.717) is 0 Å². The standard InChI is InChI=1S/C15H20N4S/c1-5-16-12(4)14-7-6-13(9-17-14)20-15-18-10(2)8-11(3)19-15/h6-9,12,16H,5H2,1-4H3. The van der Waals surface area contributed by atoms with Crippen LogP contribution in [0.25, 0.3) is 0 Å². The summed E-state index contributed by atoms with van der Waals surface area (Å²) < 4.78 is 0. The van der Waals surface area contributed by atoms with Gasteiger partial charge >= 0.3 is 0 Å². The molecule has 0 saturated carbocycles. The van der Waals surface area contributed by atoms with Crippen molar-refractivity contribution in [3.8, 4) is 0 Å². The second-order valence-electron chi connectivity index (χ2n) is 4.73. The van der Waals surface area contributed by atoms with Crippen LogP contribution in [0.5, 0.6) is 0 Å². The van der Waals surface area contributed by atoms with Crippen LogP contribution in [-0.4, -0.2) is 21.5 Å². The normalized spacial score (nSPS) is 12.4. The third-order valence-electron chi connectivity index (χ3n) is 2.88. The maximum atomic E-state index is 4.50. The number of aromatic nitrogens is 3. The molecule has 106 valence electrons. The number of nitrogens with one attached hydrogen (secondary N) is 1. The average molecular weight is 288 g/mol. The summed E-state index contributed by atoms with van der Waals surface area (Å²) in [6.45, 7) is 9.12. The van der Waals surface area contributed by atoms with Gasteiger partial charge in [0, 0.05) is 28.5 Å². The van der Waals surface area contributed by atoms with E-state index in [2.05, 4.69) is 46.2 Å². The molecule has 0 aliphatic carbocycles. The van der Waals surface area contributed by atoms with Crippen LogP contribution >= 0.6 is 11.8 Å². The number of aryl methyl sites for hydroxylation is 2. The van der Waals surface area contributed by atoms with Crippen molar-refractivity contribution >= 4 is 11.8 Å². The molecule has 2 aromatic heterocycles. The lowest BCUT2D eigenvalue weighted by atomic mass is 10.2. The summed E-state index contributed by atoms with van der Waals surface area (Å²) >= 11 is 1.54. The van der Waals surface area contributed by atoms with E-state index in [4.69, 9.17) is 0 Å². The van der Waals surface area contributed by atoms with Gasteiger partial charge in [-0.1, -0.05) is 6.92 Å². The molecule has 2 aromatic rings. The molecule has 0 saturated heterocycles. The molecule has 1 N–H and O–H groups in total. The van der Waals surface area contributed by atoms with Crippen LogP contribution in [0.15, 0.2) is 34.4 Å². The minimum absolute atomic E-state index is 0.275. The van der Waals surface area contributed by atoms with E-state index in [9.17, 15) is 0 Å². The van der Waals surface area contributed by atoms with Gasteiger partial charge in [0.1, 0.15) is 0 Å². The van der Waals surface area contributed by atoms with E-state index in [1.807, 2.05) is 26.1 Å². The van der Waals surface area contributed by atoms with Crippen molar-refractivity contribution in [1.29, 1.82) is 0 Å². The summed E-state index contributed by atoms with van der Waals surface area (Å²) in [4.78, 5) is 14.4. The molecular formula is C15H20N4S. The molecule has 0 aliphatic heterocycles. The molecule has 0 spiro atoms. The summed E-state index contributed by atoms with van der Waals surface area (Å²) in [6.07, 6.45) is 1.88. The zero-order chi connectivity index (χ0) is 14.5. The van der Waals surface area contributed by atoms with Crippen LogP contribution in [0, 0.1) is 13.8 Å². The van der Waals surface area contributed by atoms with Crippen molar-refractivity contribution < 1.29 is 0 Å². The largest absolute Gasteiger partial charge is 0.309 e. The fourth-order valence-corrected chi connectivity index (χ4v) is 2.80. The SMILES string of the molecule is CCNC(C)c1ccc(Sc2nc(C)cc(C)n2)cn1. The Morgan fingerprint density at radius 1 is 1.20 bits per heavy atom. The van der Waals surface area contributed by atoms with Crippen molar-refractivity contribution in [2.75, 3.05) is 6.54 Å². The zero-order valence-corrected chi connectivity index (χ0v) is 13.2. The zero-order valence-electron chi connectivity index (χ0n) is 12.3. The molecule has 0 bridgehead atoms. The maximum absolute atomic E-state index is 4.50. The van der Waals surface area contributed by atoms with Crippen LogP contribution in [-0.2, 0) is 0 Å². The highest BCUT2D eigenvalue weighted by atomic mass is 32.2. The number of pyridine rings is 1. The first kappa shape index (κ1) is 14.9. The van der Waals surface area contributed by atoms with E-state index >= 15 is 0 Å². The van der Waals surface area contributed by atoms with Gasteiger partial charge in [-0.2, -0.15) is 0 Å². The van der Waals surface area contributed by atoms with Crippen LogP contribution in [0.2, 0.25) is 0 Å². The predicted molar refractivity (Wildman–Crippen MR) is 82.0 cm³/mol. The van der Waals surface area contributed by atoms with Crippen LogP contribution < -0.4 is 5.32 Å². The second kappa shape index (κ2) is 6.81. The Bertz CT molecular complexity index is 548.